The van der Waals surface area contributed by atoms with E-state index in [2.05, 4.69) is 5.32 Å². The van der Waals surface area contributed by atoms with Crippen LogP contribution in [-0.2, 0) is 14.8 Å². The van der Waals surface area contributed by atoms with E-state index in [0.29, 0.717) is 0 Å². The average molecular weight is 313 g/mol. The number of carbonyl (C=O) groups is 2. The molecule has 1 aliphatic heterocycles. The number of hydrogen-bond acceptors (Lipinski definition) is 4. The molecular weight excluding hydrogens is 298 g/mol. The van der Waals surface area contributed by atoms with Gasteiger partial charge in [-0.2, -0.15) is 4.31 Å². The zero-order valence-corrected chi connectivity index (χ0v) is 12.0. The molecule has 2 N–H and O–H groups in total. The van der Waals surface area contributed by atoms with Gasteiger partial charge in [0.15, 0.2) is 0 Å². The summed E-state index contributed by atoms with van der Waals surface area (Å²) in [5.41, 5.74) is -0.0301. The van der Waals surface area contributed by atoms with Gasteiger partial charge in [0.2, 0.25) is 15.9 Å². The van der Waals surface area contributed by atoms with Gasteiger partial charge in [0.05, 0.1) is 6.54 Å². The average Bonchev–Trinajstić information content (AvgIpc) is 3.16. The minimum absolute atomic E-state index is 0.0301. The smallest absolute Gasteiger partial charge is 0.352 e. The third-order valence-corrected chi connectivity index (χ3v) is 5.43. The van der Waals surface area contributed by atoms with Crippen molar-refractivity contribution in [2.75, 3.05) is 19.6 Å². The maximum absolute atomic E-state index is 12.5. The number of amides is 1. The molecule has 0 unspecified atom stereocenters. The van der Waals surface area contributed by atoms with Crippen molar-refractivity contribution in [3.63, 3.8) is 0 Å². The van der Waals surface area contributed by atoms with Crippen LogP contribution in [0, 0.1) is 0 Å². The Morgan fingerprint density at radius 3 is 2.67 bits per heavy atom. The molecule has 0 bridgehead atoms. The lowest BCUT2D eigenvalue weighted by atomic mass is 10.4. The summed E-state index contributed by atoms with van der Waals surface area (Å²) < 4.78 is 27.6. The molecule has 0 aromatic carbocycles. The van der Waals surface area contributed by atoms with Crippen molar-refractivity contribution >= 4 is 21.9 Å². The first-order chi connectivity index (χ1) is 9.89. The molecule has 2 aliphatic rings. The Morgan fingerprint density at radius 1 is 1.38 bits per heavy atom. The quantitative estimate of drug-likeness (QED) is 0.789. The van der Waals surface area contributed by atoms with Crippen LogP contribution >= 0.6 is 0 Å². The van der Waals surface area contributed by atoms with Gasteiger partial charge in [0, 0.05) is 25.3 Å². The van der Waals surface area contributed by atoms with Gasteiger partial charge in [0.25, 0.3) is 0 Å². The number of carboxylic acid groups (broad SMARTS) is 1. The Hall–Kier alpha value is -1.87. The fourth-order valence-electron chi connectivity index (χ4n) is 2.39. The van der Waals surface area contributed by atoms with Gasteiger partial charge < -0.3 is 15.0 Å². The molecule has 3 rings (SSSR count). The number of nitrogens with zero attached hydrogens (tertiary/aromatic N) is 2. The monoisotopic (exact) mass is 313 g/mol. The molecule has 1 aliphatic carbocycles. The van der Waals surface area contributed by atoms with Crippen molar-refractivity contribution in [3.8, 4) is 0 Å². The summed E-state index contributed by atoms with van der Waals surface area (Å²) in [4.78, 5) is 22.5. The van der Waals surface area contributed by atoms with E-state index in [0.717, 1.165) is 17.1 Å². The number of rotatable bonds is 4. The van der Waals surface area contributed by atoms with Crippen LogP contribution in [0.25, 0.3) is 0 Å². The van der Waals surface area contributed by atoms with E-state index in [4.69, 9.17) is 0 Å². The first-order valence-corrected chi connectivity index (χ1v) is 8.05. The number of carbonyl (C=O) groups excluding carboxylic acids is 1. The molecule has 8 nitrogen and oxygen atoms in total. The highest BCUT2D eigenvalue weighted by Gasteiger charge is 2.34. The molecule has 1 aromatic rings. The molecule has 0 radical (unpaired) electrons. The predicted octanol–water partition coefficient (Wildman–Crippen LogP) is -0.358. The lowest BCUT2D eigenvalue weighted by molar-refractivity contribution is -0.122. The topological polar surface area (TPSA) is 109 Å². The normalized spacial score (nSPS) is 20.3. The van der Waals surface area contributed by atoms with Crippen LogP contribution in [-0.4, -0.2) is 53.9 Å². The van der Waals surface area contributed by atoms with Crippen molar-refractivity contribution in [2.24, 2.45) is 0 Å². The molecule has 114 valence electrons. The van der Waals surface area contributed by atoms with Gasteiger partial charge in [-0.1, -0.05) is 0 Å². The van der Waals surface area contributed by atoms with E-state index in [1.165, 1.54) is 16.8 Å². The third kappa shape index (κ3) is 2.54. The number of sulfonamides is 1. The maximum Gasteiger partial charge on any atom is 0.352 e. The standard InChI is InChI=1S/C12H15N3O5S/c16-11-7-14(4-3-13-11)21(19,20)9-5-10(12(17)18)15(6-9)8-1-2-8/h5-6,8H,1-4,7H2,(H,13,16)(H,17,18). The summed E-state index contributed by atoms with van der Waals surface area (Å²) in [6.07, 6.45) is 3.06. The van der Waals surface area contributed by atoms with Crippen LogP contribution < -0.4 is 5.32 Å². The van der Waals surface area contributed by atoms with Crippen LogP contribution in [0.4, 0.5) is 0 Å². The molecule has 1 saturated carbocycles. The molecule has 1 saturated heterocycles. The number of carboxylic acids is 1. The summed E-state index contributed by atoms with van der Waals surface area (Å²) in [6, 6.07) is 1.23. The largest absolute Gasteiger partial charge is 0.477 e. The van der Waals surface area contributed by atoms with Crippen molar-refractivity contribution in [1.82, 2.24) is 14.2 Å². The van der Waals surface area contributed by atoms with Gasteiger partial charge in [-0.05, 0) is 18.9 Å². The lowest BCUT2D eigenvalue weighted by Crippen LogP contribution is -2.49. The van der Waals surface area contributed by atoms with E-state index < -0.39 is 16.0 Å². The van der Waals surface area contributed by atoms with Gasteiger partial charge in [0.1, 0.15) is 10.6 Å². The van der Waals surface area contributed by atoms with Gasteiger partial charge >= 0.3 is 5.97 Å². The molecule has 2 heterocycles. The third-order valence-electron chi connectivity index (χ3n) is 3.62. The SMILES string of the molecule is O=C1CN(S(=O)(=O)c2cc(C(=O)O)n(C3CC3)c2)CCN1. The maximum atomic E-state index is 12.5. The molecular formula is C12H15N3O5S. The van der Waals surface area contributed by atoms with Gasteiger partial charge in [-0.3, -0.25) is 4.79 Å². The van der Waals surface area contributed by atoms with Gasteiger partial charge in [-0.15, -0.1) is 0 Å². The summed E-state index contributed by atoms with van der Waals surface area (Å²) >= 11 is 0. The van der Waals surface area contributed by atoms with E-state index in [-0.39, 0.29) is 42.2 Å². The van der Waals surface area contributed by atoms with Crippen LogP contribution in [0.15, 0.2) is 17.2 Å². The Kier molecular flexibility index (Phi) is 3.25. The van der Waals surface area contributed by atoms with Crippen molar-refractivity contribution in [2.45, 2.75) is 23.8 Å². The fourth-order valence-corrected chi connectivity index (χ4v) is 3.81. The van der Waals surface area contributed by atoms with Gasteiger partial charge in [-0.25, -0.2) is 13.2 Å². The lowest BCUT2D eigenvalue weighted by Gasteiger charge is -2.25. The minimum atomic E-state index is -3.85. The molecule has 2 fully saturated rings. The Bertz CT molecular complexity index is 704. The molecule has 9 heteroatoms. The number of aromatic nitrogens is 1. The highest BCUT2D eigenvalue weighted by Crippen LogP contribution is 2.37. The summed E-state index contributed by atoms with van der Waals surface area (Å²) in [6.45, 7) is 0.206. The first kappa shape index (κ1) is 14.1. The molecule has 0 atom stereocenters. The first-order valence-electron chi connectivity index (χ1n) is 6.61. The second-order valence-electron chi connectivity index (χ2n) is 5.19. The Balaban J connectivity index is 1.97. The van der Waals surface area contributed by atoms with E-state index in [9.17, 15) is 23.1 Å². The van der Waals surface area contributed by atoms with E-state index in [1.54, 1.807) is 0 Å². The summed E-state index contributed by atoms with van der Waals surface area (Å²) in [7, 11) is -3.85. The number of nitrogens with one attached hydrogen (secondary N) is 1. The second-order valence-corrected chi connectivity index (χ2v) is 7.13. The molecule has 0 spiro atoms. The second kappa shape index (κ2) is 4.85. The number of piperazine rings is 1. The predicted molar refractivity (Wildman–Crippen MR) is 71.4 cm³/mol. The van der Waals surface area contributed by atoms with E-state index in [1.807, 2.05) is 0 Å². The highest BCUT2D eigenvalue weighted by molar-refractivity contribution is 7.89. The van der Waals surface area contributed by atoms with Crippen LogP contribution in [0.2, 0.25) is 0 Å². The van der Waals surface area contributed by atoms with Crippen molar-refractivity contribution < 1.29 is 23.1 Å². The van der Waals surface area contributed by atoms with Crippen molar-refractivity contribution in [1.29, 1.82) is 0 Å². The summed E-state index contributed by atoms with van der Waals surface area (Å²) in [5, 5.41) is 11.7. The molecule has 21 heavy (non-hydrogen) atoms. The zero-order chi connectivity index (χ0) is 15.2. The number of hydrogen-bond donors (Lipinski definition) is 2. The Labute approximate surface area is 121 Å². The van der Waals surface area contributed by atoms with Crippen LogP contribution in [0.5, 0.6) is 0 Å². The molecule has 1 amide bonds. The fraction of sp³-hybridized carbons (Fsp3) is 0.500. The Morgan fingerprint density at radius 2 is 2.10 bits per heavy atom. The van der Waals surface area contributed by atoms with Crippen LogP contribution in [0.3, 0.4) is 0 Å². The zero-order valence-electron chi connectivity index (χ0n) is 11.2. The summed E-state index contributed by atoms with van der Waals surface area (Å²) in [5.74, 6) is -1.51. The highest BCUT2D eigenvalue weighted by atomic mass is 32.2. The minimum Gasteiger partial charge on any atom is -0.477 e. The molecule has 1 aromatic heterocycles. The number of aromatic carboxylic acids is 1. The van der Waals surface area contributed by atoms with Crippen molar-refractivity contribution in [3.05, 3.63) is 18.0 Å². The van der Waals surface area contributed by atoms with Crippen LogP contribution in [0.1, 0.15) is 29.4 Å². The van der Waals surface area contributed by atoms with E-state index >= 15 is 0 Å².